The number of hydrogen-bond acceptors (Lipinski definition) is 5. The van der Waals surface area contributed by atoms with Gasteiger partial charge in [-0.2, -0.15) is 8.78 Å². The average Bonchev–Trinajstić information content (AvgIpc) is 2.97. The van der Waals surface area contributed by atoms with Crippen LogP contribution in [0, 0.1) is 0 Å². The van der Waals surface area contributed by atoms with Crippen LogP contribution in [0.25, 0.3) is 6.08 Å². The van der Waals surface area contributed by atoms with Crippen LogP contribution in [0.15, 0.2) is 53.2 Å². The Morgan fingerprint density at radius 3 is 2.54 bits per heavy atom. The lowest BCUT2D eigenvalue weighted by Crippen LogP contribution is -2.05. The molecule has 8 heteroatoms. The molecular weight excluding hydrogens is 368 g/mol. The van der Waals surface area contributed by atoms with E-state index in [0.29, 0.717) is 16.1 Å². The number of cyclic esters (lactones) is 1. The summed E-state index contributed by atoms with van der Waals surface area (Å²) in [7, 11) is 1.32. The summed E-state index contributed by atoms with van der Waals surface area (Å²) in [6.45, 7) is -2.97. The normalized spacial score (nSPS) is 15.2. The molecule has 134 valence electrons. The van der Waals surface area contributed by atoms with E-state index in [1.165, 1.54) is 31.4 Å². The minimum Gasteiger partial charge on any atom is -0.493 e. The molecule has 0 unspecified atom stereocenters. The predicted octanol–water partition coefficient (Wildman–Crippen LogP) is 4.29. The number of halogens is 3. The summed E-state index contributed by atoms with van der Waals surface area (Å²) in [6, 6.07) is 10.9. The van der Waals surface area contributed by atoms with E-state index < -0.39 is 12.6 Å². The molecule has 1 aliphatic rings. The Balaban J connectivity index is 1.89. The first kappa shape index (κ1) is 17.9. The van der Waals surface area contributed by atoms with Crippen molar-refractivity contribution in [1.82, 2.24) is 0 Å². The smallest absolute Gasteiger partial charge is 0.387 e. The summed E-state index contributed by atoms with van der Waals surface area (Å²) < 4.78 is 39.3. The second-order valence-corrected chi connectivity index (χ2v) is 5.57. The van der Waals surface area contributed by atoms with Crippen molar-refractivity contribution in [2.75, 3.05) is 7.11 Å². The van der Waals surface area contributed by atoms with Gasteiger partial charge in [-0.1, -0.05) is 17.7 Å². The Morgan fingerprint density at radius 1 is 1.15 bits per heavy atom. The average molecular weight is 380 g/mol. The summed E-state index contributed by atoms with van der Waals surface area (Å²) in [5, 5.41) is 0.549. The topological polar surface area (TPSA) is 57.1 Å². The van der Waals surface area contributed by atoms with Gasteiger partial charge in [0.15, 0.2) is 17.2 Å². The highest BCUT2D eigenvalue weighted by Crippen LogP contribution is 2.31. The van der Waals surface area contributed by atoms with Crippen LogP contribution >= 0.6 is 11.6 Å². The Kier molecular flexibility index (Phi) is 5.18. The molecule has 0 amide bonds. The summed E-state index contributed by atoms with van der Waals surface area (Å²) in [6.07, 6.45) is 1.46. The number of carbonyl (C=O) groups excluding carboxylic acids is 1. The summed E-state index contributed by atoms with van der Waals surface area (Å²) in [5.41, 5.74) is 1.18. The number of alkyl halides is 2. The number of hydrogen-bond donors (Lipinski definition) is 0. The zero-order valence-electron chi connectivity index (χ0n) is 13.4. The zero-order valence-corrected chi connectivity index (χ0v) is 14.2. The quantitative estimate of drug-likeness (QED) is 0.574. The Morgan fingerprint density at radius 2 is 1.88 bits per heavy atom. The molecule has 26 heavy (non-hydrogen) atoms. The number of esters is 1. The first-order chi connectivity index (χ1) is 12.5. The summed E-state index contributed by atoms with van der Waals surface area (Å²) in [5.74, 6) is -0.471. The Hall–Kier alpha value is -2.93. The number of methoxy groups -OCH3 is 1. The SMILES string of the molecule is COc1cc(/C=C2\N=C(c3ccc(Cl)cc3)OC2=O)ccc1OC(F)F. The van der Waals surface area contributed by atoms with E-state index in [1.54, 1.807) is 24.3 Å². The number of ether oxygens (including phenoxy) is 3. The first-order valence-corrected chi connectivity index (χ1v) is 7.75. The van der Waals surface area contributed by atoms with E-state index in [0.717, 1.165) is 0 Å². The molecule has 1 heterocycles. The molecule has 2 aromatic carbocycles. The highest BCUT2D eigenvalue weighted by molar-refractivity contribution is 6.30. The maximum atomic E-state index is 12.4. The van der Waals surface area contributed by atoms with Crippen molar-refractivity contribution in [2.24, 2.45) is 4.99 Å². The molecule has 0 aromatic heterocycles. The lowest BCUT2D eigenvalue weighted by molar-refractivity contribution is -0.129. The number of benzene rings is 2. The third-order valence-corrected chi connectivity index (χ3v) is 3.67. The van der Waals surface area contributed by atoms with Crippen LogP contribution in [0.4, 0.5) is 8.78 Å². The van der Waals surface area contributed by atoms with Gasteiger partial charge in [-0.05, 0) is 48.0 Å². The molecule has 0 saturated carbocycles. The number of carbonyl (C=O) groups is 1. The summed E-state index contributed by atoms with van der Waals surface area (Å²) >= 11 is 5.83. The standard InChI is InChI=1S/C18H12ClF2NO4/c1-24-15-9-10(2-7-14(15)25-18(20)21)8-13-17(23)26-16(22-13)11-3-5-12(19)6-4-11/h2-9,18H,1H3/b13-8-. The number of aliphatic imine (C=N–C) groups is 1. The van der Waals surface area contributed by atoms with Gasteiger partial charge in [0.25, 0.3) is 0 Å². The van der Waals surface area contributed by atoms with Gasteiger partial charge in [0, 0.05) is 10.6 Å². The minimum absolute atomic E-state index is 0.0690. The molecule has 0 fully saturated rings. The molecule has 3 rings (SSSR count). The van der Waals surface area contributed by atoms with Gasteiger partial charge < -0.3 is 14.2 Å². The lowest BCUT2D eigenvalue weighted by atomic mass is 10.1. The third-order valence-electron chi connectivity index (χ3n) is 3.42. The van der Waals surface area contributed by atoms with E-state index >= 15 is 0 Å². The van der Waals surface area contributed by atoms with Crippen LogP contribution in [-0.4, -0.2) is 25.6 Å². The maximum absolute atomic E-state index is 12.4. The van der Waals surface area contributed by atoms with Gasteiger partial charge in [-0.15, -0.1) is 0 Å². The van der Waals surface area contributed by atoms with Crippen molar-refractivity contribution >= 4 is 29.5 Å². The fourth-order valence-electron chi connectivity index (χ4n) is 2.25. The van der Waals surface area contributed by atoms with Crippen LogP contribution < -0.4 is 9.47 Å². The molecule has 0 radical (unpaired) electrons. The van der Waals surface area contributed by atoms with E-state index in [4.69, 9.17) is 21.1 Å². The van der Waals surface area contributed by atoms with E-state index in [9.17, 15) is 13.6 Å². The first-order valence-electron chi connectivity index (χ1n) is 7.37. The van der Waals surface area contributed by atoms with E-state index in [2.05, 4.69) is 9.73 Å². The van der Waals surface area contributed by atoms with Crippen molar-refractivity contribution in [3.05, 3.63) is 64.3 Å². The Labute approximate surface area is 152 Å². The number of nitrogens with zero attached hydrogens (tertiary/aromatic N) is 1. The van der Waals surface area contributed by atoms with Crippen molar-refractivity contribution in [2.45, 2.75) is 6.61 Å². The lowest BCUT2D eigenvalue weighted by Gasteiger charge is -2.10. The van der Waals surface area contributed by atoms with Crippen molar-refractivity contribution < 1.29 is 27.8 Å². The van der Waals surface area contributed by atoms with Gasteiger partial charge >= 0.3 is 12.6 Å². The van der Waals surface area contributed by atoms with Crippen molar-refractivity contribution in [3.63, 3.8) is 0 Å². The molecule has 0 spiro atoms. The fraction of sp³-hybridized carbons (Fsp3) is 0.111. The van der Waals surface area contributed by atoms with Crippen LogP contribution in [0.3, 0.4) is 0 Å². The van der Waals surface area contributed by atoms with Gasteiger partial charge in [-0.25, -0.2) is 9.79 Å². The number of rotatable bonds is 5. The molecule has 0 atom stereocenters. The van der Waals surface area contributed by atoms with Gasteiger partial charge in [0.05, 0.1) is 7.11 Å². The molecule has 2 aromatic rings. The molecule has 0 bridgehead atoms. The maximum Gasteiger partial charge on any atom is 0.387 e. The highest BCUT2D eigenvalue weighted by Gasteiger charge is 2.24. The van der Waals surface area contributed by atoms with E-state index in [1.807, 2.05) is 0 Å². The highest BCUT2D eigenvalue weighted by atomic mass is 35.5. The monoisotopic (exact) mass is 379 g/mol. The van der Waals surface area contributed by atoms with Crippen LogP contribution in [0.1, 0.15) is 11.1 Å². The Bertz CT molecular complexity index is 895. The van der Waals surface area contributed by atoms with Crippen LogP contribution in [0.5, 0.6) is 11.5 Å². The second-order valence-electron chi connectivity index (χ2n) is 5.13. The van der Waals surface area contributed by atoms with Crippen molar-refractivity contribution in [3.8, 4) is 11.5 Å². The molecule has 0 saturated heterocycles. The third kappa shape index (κ3) is 4.00. The molecule has 0 N–H and O–H groups in total. The summed E-state index contributed by atoms with van der Waals surface area (Å²) in [4.78, 5) is 16.2. The van der Waals surface area contributed by atoms with Crippen LogP contribution in [-0.2, 0) is 9.53 Å². The van der Waals surface area contributed by atoms with Gasteiger partial charge in [0.2, 0.25) is 5.90 Å². The molecule has 1 aliphatic heterocycles. The largest absolute Gasteiger partial charge is 0.493 e. The molecule has 0 aliphatic carbocycles. The van der Waals surface area contributed by atoms with Crippen molar-refractivity contribution in [1.29, 1.82) is 0 Å². The minimum atomic E-state index is -2.97. The predicted molar refractivity (Wildman–Crippen MR) is 91.7 cm³/mol. The van der Waals surface area contributed by atoms with E-state index in [-0.39, 0.29) is 23.1 Å². The zero-order chi connectivity index (χ0) is 18.7. The van der Waals surface area contributed by atoms with Gasteiger partial charge in [0.1, 0.15) is 0 Å². The van der Waals surface area contributed by atoms with Crippen LogP contribution in [0.2, 0.25) is 5.02 Å². The fourth-order valence-corrected chi connectivity index (χ4v) is 2.38. The molecule has 5 nitrogen and oxygen atoms in total. The second kappa shape index (κ2) is 7.53. The molecular formula is C18H12ClF2NO4. The van der Waals surface area contributed by atoms with Gasteiger partial charge in [-0.3, -0.25) is 0 Å².